The molecule has 2 N–H and O–H groups in total. The molecule has 2 aromatic heterocycles. The number of furan rings is 1. The van der Waals surface area contributed by atoms with E-state index in [0.717, 1.165) is 60.5 Å². The molecular weight excluding hydrogens is 306 g/mol. The molecule has 4 rings (SSSR count). The number of hydrogen-bond donors (Lipinski definition) is 1. The minimum atomic E-state index is -0.287. The van der Waals surface area contributed by atoms with Crippen molar-refractivity contribution < 1.29 is 9.21 Å². The quantitative estimate of drug-likeness (QED) is 0.782. The van der Waals surface area contributed by atoms with E-state index < -0.39 is 0 Å². The highest BCUT2D eigenvalue weighted by Gasteiger charge is 2.21. The Balaban J connectivity index is 1.67. The van der Waals surface area contributed by atoms with Gasteiger partial charge in [0.2, 0.25) is 5.91 Å². The molecule has 3 aromatic rings. The summed E-state index contributed by atoms with van der Waals surface area (Å²) in [6, 6.07) is 7.88. The monoisotopic (exact) mass is 325 g/mol. The van der Waals surface area contributed by atoms with Gasteiger partial charge in [-0.3, -0.25) is 9.69 Å². The Kier molecular flexibility index (Phi) is 3.78. The fourth-order valence-electron chi connectivity index (χ4n) is 3.30. The molecule has 1 aliphatic heterocycles. The molecule has 0 bridgehead atoms. The van der Waals surface area contributed by atoms with Gasteiger partial charge in [0, 0.05) is 31.6 Å². The van der Waals surface area contributed by atoms with E-state index in [2.05, 4.69) is 19.8 Å². The van der Waals surface area contributed by atoms with Gasteiger partial charge in [-0.05, 0) is 18.6 Å². The van der Waals surface area contributed by atoms with E-state index in [1.807, 2.05) is 24.3 Å². The number of carbonyl (C=O) groups excluding carboxylic acids is 1. The van der Waals surface area contributed by atoms with Crippen LogP contribution in [-0.4, -0.2) is 53.5 Å². The second-order valence-electron chi connectivity index (χ2n) is 6.06. The maximum Gasteiger partial charge on any atom is 0.231 e. The van der Waals surface area contributed by atoms with Crippen LogP contribution in [0, 0.1) is 0 Å². The Morgan fingerprint density at radius 3 is 2.92 bits per heavy atom. The van der Waals surface area contributed by atoms with E-state index in [-0.39, 0.29) is 5.91 Å². The number of anilines is 1. The Hall–Kier alpha value is -2.67. The maximum atomic E-state index is 11.1. The van der Waals surface area contributed by atoms with Crippen LogP contribution in [0.3, 0.4) is 0 Å². The van der Waals surface area contributed by atoms with Gasteiger partial charge >= 0.3 is 0 Å². The minimum absolute atomic E-state index is 0.287. The lowest BCUT2D eigenvalue weighted by molar-refractivity contribution is -0.119. The number of benzene rings is 1. The Morgan fingerprint density at radius 2 is 2.04 bits per heavy atom. The number of para-hydroxylation sites is 1. The van der Waals surface area contributed by atoms with Gasteiger partial charge in [-0.2, -0.15) is 0 Å². The van der Waals surface area contributed by atoms with Gasteiger partial charge < -0.3 is 15.1 Å². The molecule has 7 nitrogen and oxygen atoms in total. The summed E-state index contributed by atoms with van der Waals surface area (Å²) in [5, 5.41) is 1.00. The van der Waals surface area contributed by atoms with E-state index in [4.69, 9.17) is 10.2 Å². The number of aromatic nitrogens is 2. The van der Waals surface area contributed by atoms with Crippen LogP contribution in [0.25, 0.3) is 22.1 Å². The van der Waals surface area contributed by atoms with E-state index in [1.165, 1.54) is 0 Å². The number of nitrogens with two attached hydrogens (primary N) is 1. The fraction of sp³-hybridized carbons (Fsp3) is 0.353. The lowest BCUT2D eigenvalue weighted by Gasteiger charge is -2.21. The molecule has 1 aliphatic rings. The Morgan fingerprint density at radius 1 is 1.17 bits per heavy atom. The van der Waals surface area contributed by atoms with Crippen molar-refractivity contribution in [1.82, 2.24) is 14.9 Å². The van der Waals surface area contributed by atoms with E-state index in [0.29, 0.717) is 6.54 Å². The number of rotatable bonds is 3. The van der Waals surface area contributed by atoms with Crippen LogP contribution < -0.4 is 10.6 Å². The minimum Gasteiger partial charge on any atom is -0.450 e. The molecule has 1 amide bonds. The zero-order valence-corrected chi connectivity index (χ0v) is 13.3. The lowest BCUT2D eigenvalue weighted by Crippen LogP contribution is -2.36. The molecule has 1 aromatic carbocycles. The average molecular weight is 325 g/mol. The van der Waals surface area contributed by atoms with Gasteiger partial charge in [0.05, 0.1) is 6.54 Å². The van der Waals surface area contributed by atoms with Crippen LogP contribution in [0.15, 0.2) is 35.0 Å². The van der Waals surface area contributed by atoms with Crippen molar-refractivity contribution in [3.05, 3.63) is 30.6 Å². The van der Waals surface area contributed by atoms with Crippen LogP contribution in [0.1, 0.15) is 6.42 Å². The largest absolute Gasteiger partial charge is 0.450 e. The first-order chi connectivity index (χ1) is 11.7. The molecule has 0 spiro atoms. The summed E-state index contributed by atoms with van der Waals surface area (Å²) in [6.07, 6.45) is 2.53. The SMILES string of the molecule is NC(=O)CN1CCCN(c2ncnc3c2oc2ccccc23)CC1. The molecule has 0 unspecified atom stereocenters. The molecule has 24 heavy (non-hydrogen) atoms. The van der Waals surface area contributed by atoms with Crippen molar-refractivity contribution in [2.24, 2.45) is 5.73 Å². The molecule has 0 radical (unpaired) electrons. The van der Waals surface area contributed by atoms with Crippen molar-refractivity contribution in [3.63, 3.8) is 0 Å². The van der Waals surface area contributed by atoms with Crippen LogP contribution in [0.5, 0.6) is 0 Å². The van der Waals surface area contributed by atoms with Crippen molar-refractivity contribution in [2.45, 2.75) is 6.42 Å². The van der Waals surface area contributed by atoms with Crippen molar-refractivity contribution in [2.75, 3.05) is 37.6 Å². The summed E-state index contributed by atoms with van der Waals surface area (Å²) in [5.41, 5.74) is 7.69. The smallest absolute Gasteiger partial charge is 0.231 e. The predicted molar refractivity (Wildman–Crippen MR) is 91.8 cm³/mol. The van der Waals surface area contributed by atoms with Crippen molar-refractivity contribution >= 4 is 33.8 Å². The fourth-order valence-corrected chi connectivity index (χ4v) is 3.30. The molecule has 3 heterocycles. The first-order valence-corrected chi connectivity index (χ1v) is 8.10. The van der Waals surface area contributed by atoms with Gasteiger partial charge in [0.15, 0.2) is 11.4 Å². The lowest BCUT2D eigenvalue weighted by atomic mass is 10.2. The zero-order valence-electron chi connectivity index (χ0n) is 13.3. The highest BCUT2D eigenvalue weighted by atomic mass is 16.3. The van der Waals surface area contributed by atoms with Crippen LogP contribution in [0.2, 0.25) is 0 Å². The predicted octanol–water partition coefficient (Wildman–Crippen LogP) is 1.37. The molecule has 0 atom stereocenters. The van der Waals surface area contributed by atoms with Gasteiger partial charge in [0.1, 0.15) is 17.4 Å². The van der Waals surface area contributed by atoms with Crippen LogP contribution in [0.4, 0.5) is 5.82 Å². The van der Waals surface area contributed by atoms with Gasteiger partial charge in [0.25, 0.3) is 0 Å². The van der Waals surface area contributed by atoms with Crippen LogP contribution in [-0.2, 0) is 4.79 Å². The molecule has 124 valence electrons. The standard InChI is InChI=1S/C17H19N5O2/c18-14(23)10-21-6-3-7-22(9-8-21)17-16-15(19-11-20-17)12-4-1-2-5-13(12)24-16/h1-2,4-5,11H,3,6-10H2,(H2,18,23). The van der Waals surface area contributed by atoms with E-state index in [9.17, 15) is 4.79 Å². The topological polar surface area (TPSA) is 88.5 Å². The highest BCUT2D eigenvalue weighted by molar-refractivity contribution is 6.05. The summed E-state index contributed by atoms with van der Waals surface area (Å²) in [6.45, 7) is 3.56. The maximum absolute atomic E-state index is 11.1. The molecule has 1 saturated heterocycles. The molecule has 0 aliphatic carbocycles. The summed E-state index contributed by atoms with van der Waals surface area (Å²) in [4.78, 5) is 24.3. The Bertz CT molecular complexity index is 891. The number of amides is 1. The van der Waals surface area contributed by atoms with Crippen molar-refractivity contribution in [1.29, 1.82) is 0 Å². The first-order valence-electron chi connectivity index (χ1n) is 8.10. The van der Waals surface area contributed by atoms with E-state index in [1.54, 1.807) is 6.33 Å². The summed E-state index contributed by atoms with van der Waals surface area (Å²) >= 11 is 0. The molecule has 1 fully saturated rings. The van der Waals surface area contributed by atoms with Crippen LogP contribution >= 0.6 is 0 Å². The van der Waals surface area contributed by atoms with E-state index >= 15 is 0 Å². The van der Waals surface area contributed by atoms with Gasteiger partial charge in [-0.15, -0.1) is 0 Å². The third-order valence-corrected chi connectivity index (χ3v) is 4.41. The summed E-state index contributed by atoms with van der Waals surface area (Å²) in [7, 11) is 0. The third kappa shape index (κ3) is 2.67. The zero-order chi connectivity index (χ0) is 16.5. The average Bonchev–Trinajstić information content (AvgIpc) is 2.81. The highest BCUT2D eigenvalue weighted by Crippen LogP contribution is 2.32. The molecule has 7 heteroatoms. The number of fused-ring (bicyclic) bond motifs is 3. The molecular formula is C17H19N5O2. The Labute approximate surface area is 139 Å². The first kappa shape index (κ1) is 14.9. The normalized spacial score (nSPS) is 16.6. The number of nitrogens with zero attached hydrogens (tertiary/aromatic N) is 4. The number of primary amides is 1. The number of carbonyl (C=O) groups is 1. The second kappa shape index (κ2) is 6.09. The third-order valence-electron chi connectivity index (χ3n) is 4.41. The van der Waals surface area contributed by atoms with Gasteiger partial charge in [-0.25, -0.2) is 9.97 Å². The number of hydrogen-bond acceptors (Lipinski definition) is 6. The molecule has 0 saturated carbocycles. The second-order valence-corrected chi connectivity index (χ2v) is 6.06. The van der Waals surface area contributed by atoms with Gasteiger partial charge in [-0.1, -0.05) is 12.1 Å². The summed E-state index contributed by atoms with van der Waals surface area (Å²) < 4.78 is 6.01. The van der Waals surface area contributed by atoms with Crippen molar-refractivity contribution in [3.8, 4) is 0 Å². The summed E-state index contributed by atoms with van der Waals surface area (Å²) in [5.74, 6) is 0.530.